The molecule has 3 rings (SSSR count). The summed E-state index contributed by atoms with van der Waals surface area (Å²) in [5, 5.41) is 6.74. The summed E-state index contributed by atoms with van der Waals surface area (Å²) in [4.78, 5) is 4.46. The van der Waals surface area contributed by atoms with Crippen LogP contribution in [-0.2, 0) is 7.05 Å². The van der Waals surface area contributed by atoms with Crippen molar-refractivity contribution in [2.24, 2.45) is 7.05 Å². The van der Waals surface area contributed by atoms with Gasteiger partial charge in [-0.05, 0) is 18.2 Å². The second-order valence-corrected chi connectivity index (χ2v) is 4.96. The van der Waals surface area contributed by atoms with Crippen molar-refractivity contribution in [2.45, 2.75) is 0 Å². The maximum Gasteiger partial charge on any atom is 0.182 e. The zero-order chi connectivity index (χ0) is 12.7. The lowest BCUT2D eigenvalue weighted by atomic mass is 10.1. The summed E-state index contributed by atoms with van der Waals surface area (Å²) in [5.74, 6) is -0.223. The molecule has 0 aliphatic carbocycles. The highest BCUT2D eigenvalue weighted by molar-refractivity contribution is 7.14. The minimum atomic E-state index is -0.223. The van der Waals surface area contributed by atoms with Crippen molar-refractivity contribution in [3.05, 3.63) is 35.6 Å². The zero-order valence-corrected chi connectivity index (χ0v) is 10.9. The molecule has 2 aromatic heterocycles. The third-order valence-electron chi connectivity index (χ3n) is 2.95. The molecule has 5 heteroatoms. The Labute approximate surface area is 108 Å². The number of aryl methyl sites for hydroxylation is 1. The van der Waals surface area contributed by atoms with Crippen molar-refractivity contribution >= 4 is 27.4 Å². The van der Waals surface area contributed by atoms with E-state index in [1.807, 2.05) is 30.2 Å². The number of hydrogen-bond donors (Lipinski definition) is 1. The molecule has 0 aliphatic rings. The first-order valence-electron chi connectivity index (χ1n) is 5.57. The van der Waals surface area contributed by atoms with Crippen LogP contribution in [0.1, 0.15) is 0 Å². The van der Waals surface area contributed by atoms with E-state index < -0.39 is 0 Å². The first-order valence-corrected chi connectivity index (χ1v) is 6.45. The quantitative estimate of drug-likeness (QED) is 0.765. The van der Waals surface area contributed by atoms with Gasteiger partial charge in [0.15, 0.2) is 5.13 Å². The van der Waals surface area contributed by atoms with Gasteiger partial charge in [-0.1, -0.05) is 0 Å². The van der Waals surface area contributed by atoms with Crippen molar-refractivity contribution in [3.63, 3.8) is 0 Å². The van der Waals surface area contributed by atoms with Crippen LogP contribution in [0.4, 0.5) is 9.52 Å². The molecule has 0 unspecified atom stereocenters. The summed E-state index contributed by atoms with van der Waals surface area (Å²) in [6.45, 7) is 0. The molecule has 0 aliphatic heterocycles. The van der Waals surface area contributed by atoms with Crippen LogP contribution < -0.4 is 5.32 Å². The molecule has 1 N–H and O–H groups in total. The standard InChI is InChI=1S/C13H12FN3S/c1-15-13-16-11(7-18-13)10-6-17(2)12-4-3-8(14)5-9(10)12/h3-7H,1-2H3,(H,15,16). The smallest absolute Gasteiger partial charge is 0.182 e. The number of aromatic nitrogens is 2. The average Bonchev–Trinajstić information content (AvgIpc) is 2.94. The van der Waals surface area contributed by atoms with E-state index in [4.69, 9.17) is 0 Å². The Morgan fingerprint density at radius 2 is 2.22 bits per heavy atom. The Bertz CT molecular complexity index is 714. The molecule has 3 aromatic rings. The molecule has 0 spiro atoms. The minimum absolute atomic E-state index is 0.223. The lowest BCUT2D eigenvalue weighted by molar-refractivity contribution is 0.629. The summed E-state index contributed by atoms with van der Waals surface area (Å²) >= 11 is 1.54. The van der Waals surface area contributed by atoms with Gasteiger partial charge in [0.25, 0.3) is 0 Å². The Morgan fingerprint density at radius 3 is 2.94 bits per heavy atom. The summed E-state index contributed by atoms with van der Waals surface area (Å²) in [7, 11) is 3.79. The van der Waals surface area contributed by atoms with Crippen LogP contribution in [0.2, 0.25) is 0 Å². The number of nitrogens with zero attached hydrogens (tertiary/aromatic N) is 2. The Hall–Kier alpha value is -1.88. The van der Waals surface area contributed by atoms with Gasteiger partial charge in [-0.15, -0.1) is 11.3 Å². The summed E-state index contributed by atoms with van der Waals surface area (Å²) in [6, 6.07) is 4.83. The van der Waals surface area contributed by atoms with E-state index in [9.17, 15) is 4.39 Å². The molecule has 0 radical (unpaired) electrons. The number of halogens is 1. The highest BCUT2D eigenvalue weighted by atomic mass is 32.1. The second kappa shape index (κ2) is 4.10. The molecule has 0 amide bonds. The maximum absolute atomic E-state index is 13.4. The van der Waals surface area contributed by atoms with Crippen molar-refractivity contribution < 1.29 is 4.39 Å². The van der Waals surface area contributed by atoms with E-state index in [1.54, 1.807) is 23.5 Å². The summed E-state index contributed by atoms with van der Waals surface area (Å²) in [5.41, 5.74) is 2.84. The monoisotopic (exact) mass is 261 g/mol. The van der Waals surface area contributed by atoms with Crippen molar-refractivity contribution in [1.29, 1.82) is 0 Å². The SMILES string of the molecule is CNc1nc(-c2cn(C)c3ccc(F)cc23)cs1. The molecular weight excluding hydrogens is 249 g/mol. The van der Waals surface area contributed by atoms with E-state index in [2.05, 4.69) is 10.3 Å². The van der Waals surface area contributed by atoms with Crippen LogP contribution in [-0.4, -0.2) is 16.6 Å². The Balaban J connectivity index is 2.25. The fraction of sp³-hybridized carbons (Fsp3) is 0.154. The van der Waals surface area contributed by atoms with Crippen LogP contribution in [0, 0.1) is 5.82 Å². The predicted molar refractivity (Wildman–Crippen MR) is 73.5 cm³/mol. The fourth-order valence-electron chi connectivity index (χ4n) is 2.08. The first-order chi connectivity index (χ1) is 8.69. The lowest BCUT2D eigenvalue weighted by Crippen LogP contribution is -1.85. The number of thiazole rings is 1. The van der Waals surface area contributed by atoms with E-state index in [-0.39, 0.29) is 5.82 Å². The van der Waals surface area contributed by atoms with Gasteiger partial charge in [0.1, 0.15) is 5.82 Å². The van der Waals surface area contributed by atoms with Crippen LogP contribution in [0.5, 0.6) is 0 Å². The highest BCUT2D eigenvalue weighted by Gasteiger charge is 2.12. The van der Waals surface area contributed by atoms with Gasteiger partial charge in [-0.25, -0.2) is 9.37 Å². The lowest BCUT2D eigenvalue weighted by Gasteiger charge is -1.96. The molecule has 0 bridgehead atoms. The number of hydrogen-bond acceptors (Lipinski definition) is 3. The van der Waals surface area contributed by atoms with Crippen LogP contribution in [0.25, 0.3) is 22.2 Å². The van der Waals surface area contributed by atoms with E-state index >= 15 is 0 Å². The number of benzene rings is 1. The zero-order valence-electron chi connectivity index (χ0n) is 10.1. The average molecular weight is 261 g/mol. The third kappa shape index (κ3) is 1.67. The van der Waals surface area contributed by atoms with Gasteiger partial charge in [0.2, 0.25) is 0 Å². The van der Waals surface area contributed by atoms with Gasteiger partial charge < -0.3 is 9.88 Å². The molecule has 2 heterocycles. The molecule has 3 nitrogen and oxygen atoms in total. The van der Waals surface area contributed by atoms with Crippen molar-refractivity contribution in [1.82, 2.24) is 9.55 Å². The topological polar surface area (TPSA) is 29.9 Å². The molecule has 0 atom stereocenters. The second-order valence-electron chi connectivity index (χ2n) is 4.10. The maximum atomic E-state index is 13.4. The van der Waals surface area contributed by atoms with Crippen molar-refractivity contribution in [3.8, 4) is 11.3 Å². The molecule has 1 aromatic carbocycles. The summed E-state index contributed by atoms with van der Waals surface area (Å²) in [6.07, 6.45) is 1.98. The Morgan fingerprint density at radius 1 is 1.39 bits per heavy atom. The predicted octanol–water partition coefficient (Wildman–Crippen LogP) is 3.48. The molecule has 0 saturated carbocycles. The number of fused-ring (bicyclic) bond motifs is 1. The van der Waals surface area contributed by atoms with Crippen LogP contribution in [0.15, 0.2) is 29.8 Å². The molecule has 18 heavy (non-hydrogen) atoms. The fourth-order valence-corrected chi connectivity index (χ4v) is 2.75. The summed E-state index contributed by atoms with van der Waals surface area (Å²) < 4.78 is 15.4. The van der Waals surface area contributed by atoms with Gasteiger partial charge in [0.05, 0.1) is 5.69 Å². The van der Waals surface area contributed by atoms with Crippen molar-refractivity contribution in [2.75, 3.05) is 12.4 Å². The third-order valence-corrected chi connectivity index (χ3v) is 3.81. The van der Waals surface area contributed by atoms with E-state index in [0.717, 1.165) is 27.3 Å². The van der Waals surface area contributed by atoms with Crippen LogP contribution in [0.3, 0.4) is 0 Å². The number of anilines is 1. The molecular formula is C13H12FN3S. The molecule has 0 saturated heterocycles. The molecule has 92 valence electrons. The van der Waals surface area contributed by atoms with Gasteiger partial charge >= 0.3 is 0 Å². The van der Waals surface area contributed by atoms with E-state index in [1.165, 1.54) is 6.07 Å². The minimum Gasteiger partial charge on any atom is -0.365 e. The van der Waals surface area contributed by atoms with Gasteiger partial charge in [-0.3, -0.25) is 0 Å². The van der Waals surface area contributed by atoms with Crippen LogP contribution >= 0.6 is 11.3 Å². The number of rotatable bonds is 2. The Kier molecular flexibility index (Phi) is 2.56. The first kappa shape index (κ1) is 11.2. The number of nitrogens with one attached hydrogen (secondary N) is 1. The van der Waals surface area contributed by atoms with Gasteiger partial charge in [-0.2, -0.15) is 0 Å². The van der Waals surface area contributed by atoms with E-state index in [0.29, 0.717) is 0 Å². The molecule has 0 fully saturated rings. The van der Waals surface area contributed by atoms with Gasteiger partial charge in [0, 0.05) is 42.1 Å². The largest absolute Gasteiger partial charge is 0.365 e. The normalized spacial score (nSPS) is 11.1. The highest BCUT2D eigenvalue weighted by Crippen LogP contribution is 2.32.